The van der Waals surface area contributed by atoms with E-state index < -0.39 is 0 Å². The highest BCUT2D eigenvalue weighted by atomic mass is 32.2. The molecule has 1 aromatic carbocycles. The maximum Gasteiger partial charge on any atom is 0.130 e. The summed E-state index contributed by atoms with van der Waals surface area (Å²) in [5.74, 6) is 2.21. The Morgan fingerprint density at radius 2 is 1.95 bits per heavy atom. The second-order valence-corrected chi connectivity index (χ2v) is 6.31. The van der Waals surface area contributed by atoms with Crippen molar-refractivity contribution in [2.45, 2.75) is 44.7 Å². The Bertz CT molecular complexity index is 533. The molecule has 1 unspecified atom stereocenters. The van der Waals surface area contributed by atoms with Crippen molar-refractivity contribution in [3.63, 3.8) is 0 Å². The van der Waals surface area contributed by atoms with E-state index in [1.165, 1.54) is 10.5 Å². The summed E-state index contributed by atoms with van der Waals surface area (Å²) < 4.78 is 2.25. The zero-order chi connectivity index (χ0) is 15.1. The molecule has 0 fully saturated rings. The highest BCUT2D eigenvalue weighted by molar-refractivity contribution is 7.99. The Balaban J connectivity index is 2.27. The zero-order valence-corrected chi connectivity index (χ0v) is 14.0. The van der Waals surface area contributed by atoms with Crippen LogP contribution in [0, 0.1) is 0 Å². The molecular formula is C17H25N3S. The Labute approximate surface area is 132 Å². The molecule has 1 N–H and O–H groups in total. The molecule has 114 valence electrons. The van der Waals surface area contributed by atoms with Gasteiger partial charge in [0.2, 0.25) is 0 Å². The van der Waals surface area contributed by atoms with Crippen molar-refractivity contribution in [2.75, 3.05) is 12.3 Å². The number of benzene rings is 1. The zero-order valence-electron chi connectivity index (χ0n) is 13.2. The van der Waals surface area contributed by atoms with Crippen LogP contribution in [0.15, 0.2) is 41.6 Å². The molecule has 1 atom stereocenters. The Hall–Kier alpha value is -1.26. The second kappa shape index (κ2) is 8.25. The first-order chi connectivity index (χ1) is 10.3. The third-order valence-electron chi connectivity index (χ3n) is 3.40. The van der Waals surface area contributed by atoms with Gasteiger partial charge >= 0.3 is 0 Å². The topological polar surface area (TPSA) is 29.9 Å². The number of hydrogen-bond donors (Lipinski definition) is 1. The molecule has 2 aromatic rings. The molecular weight excluding hydrogens is 278 g/mol. The lowest BCUT2D eigenvalue weighted by atomic mass is 10.1. The molecule has 3 nitrogen and oxygen atoms in total. The van der Waals surface area contributed by atoms with E-state index in [1.54, 1.807) is 0 Å². The Morgan fingerprint density at radius 3 is 2.57 bits per heavy atom. The summed E-state index contributed by atoms with van der Waals surface area (Å²) in [5.41, 5.74) is 1.28. The van der Waals surface area contributed by atoms with Crippen molar-refractivity contribution in [1.29, 1.82) is 0 Å². The minimum atomic E-state index is 0.164. The fourth-order valence-electron chi connectivity index (χ4n) is 2.50. The van der Waals surface area contributed by atoms with Gasteiger partial charge in [0.1, 0.15) is 5.82 Å². The number of rotatable bonds is 8. The summed E-state index contributed by atoms with van der Waals surface area (Å²) >= 11 is 1.88. The number of nitrogens with one attached hydrogen (secondary N) is 1. The van der Waals surface area contributed by atoms with Gasteiger partial charge in [-0.3, -0.25) is 0 Å². The average Bonchev–Trinajstić information content (AvgIpc) is 2.95. The maximum atomic E-state index is 4.58. The monoisotopic (exact) mass is 303 g/mol. The van der Waals surface area contributed by atoms with Crippen LogP contribution in [-0.4, -0.2) is 21.8 Å². The van der Waals surface area contributed by atoms with E-state index in [9.17, 15) is 0 Å². The SMILES string of the molecule is CCCn1ccnc1C(NCC)c1ccc(SCC)cc1. The molecule has 1 aromatic heterocycles. The van der Waals surface area contributed by atoms with Gasteiger partial charge in [-0.05, 0) is 36.4 Å². The van der Waals surface area contributed by atoms with E-state index in [0.717, 1.165) is 31.1 Å². The number of hydrogen-bond acceptors (Lipinski definition) is 3. The van der Waals surface area contributed by atoms with Gasteiger partial charge in [-0.15, -0.1) is 11.8 Å². The van der Waals surface area contributed by atoms with Gasteiger partial charge < -0.3 is 9.88 Å². The molecule has 0 aliphatic carbocycles. The lowest BCUT2D eigenvalue weighted by Crippen LogP contribution is -2.25. The normalized spacial score (nSPS) is 12.5. The van der Waals surface area contributed by atoms with Crippen LogP contribution in [0.5, 0.6) is 0 Å². The summed E-state index contributed by atoms with van der Waals surface area (Å²) in [6, 6.07) is 9.02. The third-order valence-corrected chi connectivity index (χ3v) is 4.30. The van der Waals surface area contributed by atoms with Crippen LogP contribution >= 0.6 is 11.8 Å². The Kier molecular flexibility index (Phi) is 6.33. The maximum absolute atomic E-state index is 4.58. The van der Waals surface area contributed by atoms with Gasteiger partial charge in [-0.1, -0.05) is 32.9 Å². The molecule has 2 rings (SSSR count). The molecule has 0 bridgehead atoms. The van der Waals surface area contributed by atoms with Crippen LogP contribution in [0.25, 0.3) is 0 Å². The highest BCUT2D eigenvalue weighted by Crippen LogP contribution is 2.24. The molecule has 0 amide bonds. The number of thioether (sulfide) groups is 1. The van der Waals surface area contributed by atoms with Crippen molar-refractivity contribution in [3.8, 4) is 0 Å². The van der Waals surface area contributed by atoms with E-state index in [4.69, 9.17) is 0 Å². The summed E-state index contributed by atoms with van der Waals surface area (Å²) in [6.45, 7) is 8.46. The second-order valence-electron chi connectivity index (χ2n) is 4.97. The molecule has 0 radical (unpaired) electrons. The van der Waals surface area contributed by atoms with E-state index in [0.29, 0.717) is 0 Å². The van der Waals surface area contributed by atoms with E-state index in [-0.39, 0.29) is 6.04 Å². The smallest absolute Gasteiger partial charge is 0.130 e. The van der Waals surface area contributed by atoms with Crippen molar-refractivity contribution in [3.05, 3.63) is 48.0 Å². The third kappa shape index (κ3) is 4.11. The van der Waals surface area contributed by atoms with Gasteiger partial charge in [0.05, 0.1) is 6.04 Å². The molecule has 4 heteroatoms. The molecule has 1 heterocycles. The minimum absolute atomic E-state index is 0.164. The van der Waals surface area contributed by atoms with Crippen LogP contribution in [0.1, 0.15) is 44.6 Å². The largest absolute Gasteiger partial charge is 0.333 e. The van der Waals surface area contributed by atoms with Gasteiger partial charge in [0.25, 0.3) is 0 Å². The molecule has 0 saturated heterocycles. The van der Waals surface area contributed by atoms with Gasteiger partial charge in [-0.25, -0.2) is 4.98 Å². The molecule has 21 heavy (non-hydrogen) atoms. The predicted molar refractivity (Wildman–Crippen MR) is 90.9 cm³/mol. The summed E-state index contributed by atoms with van der Waals surface area (Å²) in [4.78, 5) is 5.91. The van der Waals surface area contributed by atoms with Crippen molar-refractivity contribution >= 4 is 11.8 Å². The number of imidazole rings is 1. The lowest BCUT2D eigenvalue weighted by molar-refractivity contribution is 0.544. The number of aryl methyl sites for hydroxylation is 1. The molecule has 0 saturated carbocycles. The van der Waals surface area contributed by atoms with E-state index in [2.05, 4.69) is 66.1 Å². The van der Waals surface area contributed by atoms with Gasteiger partial charge in [-0.2, -0.15) is 0 Å². The van der Waals surface area contributed by atoms with Crippen LogP contribution in [0.2, 0.25) is 0 Å². The van der Waals surface area contributed by atoms with Crippen molar-refractivity contribution in [1.82, 2.24) is 14.9 Å². The molecule has 0 spiro atoms. The van der Waals surface area contributed by atoms with Crippen LogP contribution < -0.4 is 5.32 Å². The van der Waals surface area contributed by atoms with Crippen LogP contribution in [0.4, 0.5) is 0 Å². The van der Waals surface area contributed by atoms with Crippen LogP contribution in [0.3, 0.4) is 0 Å². The fourth-order valence-corrected chi connectivity index (χ4v) is 3.16. The summed E-state index contributed by atoms with van der Waals surface area (Å²) in [5, 5.41) is 3.56. The van der Waals surface area contributed by atoms with Crippen molar-refractivity contribution in [2.24, 2.45) is 0 Å². The Morgan fingerprint density at radius 1 is 1.19 bits per heavy atom. The summed E-state index contributed by atoms with van der Waals surface area (Å²) in [7, 11) is 0. The van der Waals surface area contributed by atoms with Gasteiger partial charge in [0, 0.05) is 23.8 Å². The van der Waals surface area contributed by atoms with Crippen LogP contribution in [-0.2, 0) is 6.54 Å². The average molecular weight is 303 g/mol. The summed E-state index contributed by atoms with van der Waals surface area (Å²) in [6.07, 6.45) is 5.09. The van der Waals surface area contributed by atoms with E-state index in [1.807, 2.05) is 18.0 Å². The van der Waals surface area contributed by atoms with Gasteiger partial charge in [0.15, 0.2) is 0 Å². The first-order valence-corrected chi connectivity index (χ1v) is 8.75. The first-order valence-electron chi connectivity index (χ1n) is 7.77. The van der Waals surface area contributed by atoms with Crippen molar-refractivity contribution < 1.29 is 0 Å². The molecule has 0 aliphatic rings. The fraction of sp³-hybridized carbons (Fsp3) is 0.471. The molecule has 0 aliphatic heterocycles. The highest BCUT2D eigenvalue weighted by Gasteiger charge is 2.17. The predicted octanol–water partition coefficient (Wildman–Crippen LogP) is 4.10. The number of aromatic nitrogens is 2. The van der Waals surface area contributed by atoms with E-state index >= 15 is 0 Å². The number of nitrogens with zero attached hydrogens (tertiary/aromatic N) is 2. The lowest BCUT2D eigenvalue weighted by Gasteiger charge is -2.19. The first kappa shape index (κ1) is 16.1. The standard InChI is InChI=1S/C17H25N3S/c1-4-12-20-13-11-19-17(20)16(18-5-2)14-7-9-15(10-8-14)21-6-3/h7-11,13,16,18H,4-6,12H2,1-3H3. The quantitative estimate of drug-likeness (QED) is 0.745. The minimum Gasteiger partial charge on any atom is -0.333 e.